The number of nitrogens with zero attached hydrogens (tertiary/aromatic N) is 2. The van der Waals surface area contributed by atoms with Crippen molar-refractivity contribution in [2.75, 3.05) is 9.96 Å². The molecule has 0 unspecified atom stereocenters. The Morgan fingerprint density at radius 2 is 1.47 bits per heavy atom. The molecule has 2 fully saturated rings. The van der Waals surface area contributed by atoms with Crippen LogP contribution in [0.1, 0.15) is 11.6 Å². The molecule has 0 N–H and O–H groups in total. The van der Waals surface area contributed by atoms with E-state index in [1.165, 1.54) is 11.1 Å². The summed E-state index contributed by atoms with van der Waals surface area (Å²) in [5, 5.41) is 1.97. The largest absolute Gasteiger partial charge is 0.273 e. The van der Waals surface area contributed by atoms with Gasteiger partial charge in [-0.15, -0.1) is 0 Å². The number of hydrogen-bond donors (Lipinski definition) is 0. The number of fused-ring (bicyclic) bond motifs is 1. The Hall–Kier alpha value is -3.22. The quantitative estimate of drug-likeness (QED) is 0.582. The molecule has 0 aliphatic carbocycles. The third-order valence-electron chi connectivity index (χ3n) is 5.43. The average molecular weight is 423 g/mol. The van der Waals surface area contributed by atoms with Crippen LogP contribution in [-0.4, -0.2) is 17.9 Å². The first-order valence-corrected chi connectivity index (χ1v) is 9.83. The second-order valence-corrected chi connectivity index (χ2v) is 7.60. The third kappa shape index (κ3) is 2.88. The van der Waals surface area contributed by atoms with Gasteiger partial charge in [-0.05, 0) is 42.5 Å². The van der Waals surface area contributed by atoms with Crippen molar-refractivity contribution in [2.24, 2.45) is 5.92 Å². The van der Waals surface area contributed by atoms with E-state index in [4.69, 9.17) is 16.4 Å². The highest BCUT2D eigenvalue weighted by Crippen LogP contribution is 2.48. The minimum atomic E-state index is -1.04. The smallest absolute Gasteiger partial charge is 0.266 e. The van der Waals surface area contributed by atoms with Crippen LogP contribution in [0.2, 0.25) is 5.02 Å². The highest BCUT2D eigenvalue weighted by atomic mass is 35.5. The number of carbonyl (C=O) groups excluding carboxylic acids is 2. The van der Waals surface area contributed by atoms with Gasteiger partial charge in [0.2, 0.25) is 5.91 Å². The van der Waals surface area contributed by atoms with Gasteiger partial charge in [0, 0.05) is 10.6 Å². The molecule has 3 aromatic carbocycles. The maximum atomic E-state index is 14.8. The van der Waals surface area contributed by atoms with E-state index in [1.54, 1.807) is 54.6 Å². The summed E-state index contributed by atoms with van der Waals surface area (Å²) in [4.78, 5) is 33.6. The molecule has 3 atom stereocenters. The Labute approximate surface area is 177 Å². The lowest BCUT2D eigenvalue weighted by atomic mass is 9.90. The second-order valence-electron chi connectivity index (χ2n) is 7.17. The second kappa shape index (κ2) is 7.23. The number of carbonyl (C=O) groups is 2. The van der Waals surface area contributed by atoms with E-state index in [-0.39, 0.29) is 0 Å². The van der Waals surface area contributed by atoms with E-state index >= 15 is 0 Å². The molecule has 2 heterocycles. The molecular weight excluding hydrogens is 407 g/mol. The van der Waals surface area contributed by atoms with E-state index < -0.39 is 35.7 Å². The number of rotatable bonds is 3. The van der Waals surface area contributed by atoms with Gasteiger partial charge in [0.25, 0.3) is 5.91 Å². The van der Waals surface area contributed by atoms with E-state index in [0.29, 0.717) is 22.0 Å². The lowest BCUT2D eigenvalue weighted by Crippen LogP contribution is -2.37. The standard InChI is InChI=1S/C23H16ClFN2O3/c24-14-10-12-15(13-11-14)26-22(28)19-20(17-8-4-5-9-18(17)25)27(30-21(19)23(26)29)16-6-2-1-3-7-16/h1-13,19-21H/t19-,20-,21-/m0/s1. The van der Waals surface area contributed by atoms with Crippen LogP contribution in [0.15, 0.2) is 78.9 Å². The predicted octanol–water partition coefficient (Wildman–Crippen LogP) is 4.53. The van der Waals surface area contributed by atoms with Crippen LogP contribution in [0.25, 0.3) is 0 Å². The maximum Gasteiger partial charge on any atom is 0.266 e. The van der Waals surface area contributed by atoms with Gasteiger partial charge in [0.1, 0.15) is 11.7 Å². The normalized spacial score (nSPS) is 23.2. The minimum absolute atomic E-state index is 0.299. The number of hydroxylamine groups is 1. The van der Waals surface area contributed by atoms with Crippen molar-refractivity contribution in [1.29, 1.82) is 0 Å². The molecule has 0 bridgehead atoms. The molecule has 0 radical (unpaired) electrons. The van der Waals surface area contributed by atoms with Crippen molar-refractivity contribution in [3.63, 3.8) is 0 Å². The summed E-state index contributed by atoms with van der Waals surface area (Å²) in [5.41, 5.74) is 1.35. The lowest BCUT2D eigenvalue weighted by Gasteiger charge is -2.29. The van der Waals surface area contributed by atoms with Crippen LogP contribution in [0, 0.1) is 11.7 Å². The van der Waals surface area contributed by atoms with Crippen molar-refractivity contribution in [3.05, 3.63) is 95.3 Å². The number of para-hydroxylation sites is 1. The molecule has 5 nitrogen and oxygen atoms in total. The van der Waals surface area contributed by atoms with Gasteiger partial charge in [-0.25, -0.2) is 14.4 Å². The summed E-state index contributed by atoms with van der Waals surface area (Å²) in [7, 11) is 0. The highest BCUT2D eigenvalue weighted by Gasteiger charge is 2.60. The van der Waals surface area contributed by atoms with Crippen molar-refractivity contribution in [2.45, 2.75) is 12.1 Å². The molecule has 30 heavy (non-hydrogen) atoms. The highest BCUT2D eigenvalue weighted by molar-refractivity contribution is 6.31. The zero-order chi connectivity index (χ0) is 20.8. The van der Waals surface area contributed by atoms with Crippen LogP contribution < -0.4 is 9.96 Å². The van der Waals surface area contributed by atoms with Crippen LogP contribution in [-0.2, 0) is 14.4 Å². The van der Waals surface area contributed by atoms with Gasteiger partial charge >= 0.3 is 0 Å². The minimum Gasteiger partial charge on any atom is -0.273 e. The molecule has 5 rings (SSSR count). The average Bonchev–Trinajstić information content (AvgIpc) is 3.26. The number of amides is 2. The molecule has 7 heteroatoms. The molecular formula is C23H16ClFN2O3. The molecule has 150 valence electrons. The molecule has 0 saturated carbocycles. The Balaban J connectivity index is 1.60. The first-order valence-electron chi connectivity index (χ1n) is 9.45. The fourth-order valence-electron chi connectivity index (χ4n) is 4.09. The van der Waals surface area contributed by atoms with E-state index in [1.807, 2.05) is 18.2 Å². The topological polar surface area (TPSA) is 49.9 Å². The van der Waals surface area contributed by atoms with Crippen LogP contribution in [0.3, 0.4) is 0 Å². The first-order chi connectivity index (χ1) is 14.6. The lowest BCUT2D eigenvalue weighted by molar-refractivity contribution is -0.126. The molecule has 2 amide bonds. The van der Waals surface area contributed by atoms with Crippen LogP contribution in [0.5, 0.6) is 0 Å². The summed E-state index contributed by atoms with van der Waals surface area (Å²) in [6.07, 6.45) is -1.04. The number of benzene rings is 3. The van der Waals surface area contributed by atoms with Crippen LogP contribution >= 0.6 is 11.6 Å². The number of imide groups is 1. The SMILES string of the molecule is O=C1[C@@H]2[C@H](ON(c3ccccc3)[C@H]2c2ccccc2F)C(=O)N1c1ccc(Cl)cc1. The Morgan fingerprint density at radius 1 is 0.800 bits per heavy atom. The van der Waals surface area contributed by atoms with Crippen molar-refractivity contribution < 1.29 is 18.8 Å². The first kappa shape index (κ1) is 18.8. The fraction of sp³-hybridized carbons (Fsp3) is 0.130. The van der Waals surface area contributed by atoms with Gasteiger partial charge in [0.15, 0.2) is 6.10 Å². The Kier molecular flexibility index (Phi) is 4.53. The zero-order valence-corrected chi connectivity index (χ0v) is 16.4. The van der Waals surface area contributed by atoms with Crippen LogP contribution in [0.4, 0.5) is 15.8 Å². The summed E-state index contributed by atoms with van der Waals surface area (Å²) in [5.74, 6) is -2.26. The molecule has 2 aliphatic rings. The summed E-state index contributed by atoms with van der Waals surface area (Å²) >= 11 is 5.93. The molecule has 0 spiro atoms. The monoisotopic (exact) mass is 422 g/mol. The Bertz CT molecular complexity index is 1120. The third-order valence-corrected chi connectivity index (χ3v) is 5.69. The van der Waals surface area contributed by atoms with Gasteiger partial charge in [-0.3, -0.25) is 14.4 Å². The summed E-state index contributed by atoms with van der Waals surface area (Å²) < 4.78 is 14.8. The van der Waals surface area contributed by atoms with Crippen molar-refractivity contribution in [3.8, 4) is 0 Å². The van der Waals surface area contributed by atoms with Crippen molar-refractivity contribution >= 4 is 34.8 Å². The molecule has 3 aromatic rings. The number of halogens is 2. The molecule has 2 aliphatic heterocycles. The molecule has 2 saturated heterocycles. The van der Waals surface area contributed by atoms with E-state index in [2.05, 4.69) is 0 Å². The zero-order valence-electron chi connectivity index (χ0n) is 15.6. The summed E-state index contributed by atoms with van der Waals surface area (Å²) in [6.45, 7) is 0. The van der Waals surface area contributed by atoms with Gasteiger partial charge in [-0.1, -0.05) is 48.0 Å². The number of anilines is 2. The van der Waals surface area contributed by atoms with Gasteiger partial charge in [-0.2, -0.15) is 0 Å². The predicted molar refractivity (Wildman–Crippen MR) is 110 cm³/mol. The summed E-state index contributed by atoms with van der Waals surface area (Å²) in [6, 6.07) is 20.9. The maximum absolute atomic E-state index is 14.8. The van der Waals surface area contributed by atoms with Gasteiger partial charge in [0.05, 0.1) is 17.4 Å². The molecule has 0 aromatic heterocycles. The fourth-order valence-corrected chi connectivity index (χ4v) is 4.21. The van der Waals surface area contributed by atoms with Gasteiger partial charge < -0.3 is 0 Å². The Morgan fingerprint density at radius 3 is 2.17 bits per heavy atom. The number of hydrogen-bond acceptors (Lipinski definition) is 4. The van der Waals surface area contributed by atoms with E-state index in [0.717, 1.165) is 4.90 Å². The van der Waals surface area contributed by atoms with Crippen molar-refractivity contribution in [1.82, 2.24) is 0 Å². The van der Waals surface area contributed by atoms with E-state index in [9.17, 15) is 14.0 Å².